The van der Waals surface area contributed by atoms with Crippen molar-refractivity contribution in [2.75, 3.05) is 30.5 Å². The summed E-state index contributed by atoms with van der Waals surface area (Å²) in [5.74, 6) is -1.39. The van der Waals surface area contributed by atoms with Gasteiger partial charge in [0.25, 0.3) is 10.0 Å². The van der Waals surface area contributed by atoms with E-state index >= 15 is 0 Å². The molecule has 0 saturated carbocycles. The number of thiophene rings is 1. The van der Waals surface area contributed by atoms with Crippen molar-refractivity contribution < 1.29 is 27.1 Å². The molecule has 0 atom stereocenters. The number of ether oxygens (including phenoxy) is 1. The van der Waals surface area contributed by atoms with E-state index in [1.54, 1.807) is 23.3 Å². The van der Waals surface area contributed by atoms with Gasteiger partial charge in [0.1, 0.15) is 16.6 Å². The topological polar surface area (TPSA) is 84.0 Å². The molecule has 1 aromatic heterocycles. The highest BCUT2D eigenvalue weighted by Crippen LogP contribution is 2.27. The number of hydrogen-bond donors (Lipinski definition) is 0. The highest BCUT2D eigenvalue weighted by molar-refractivity contribution is 7.94. The van der Waals surface area contributed by atoms with Crippen molar-refractivity contribution in [1.29, 1.82) is 0 Å². The van der Waals surface area contributed by atoms with Crippen LogP contribution in [-0.4, -0.2) is 51.4 Å². The van der Waals surface area contributed by atoms with E-state index in [-0.39, 0.29) is 27.7 Å². The Bertz CT molecular complexity index is 969. The lowest BCUT2D eigenvalue weighted by Crippen LogP contribution is -2.46. The van der Waals surface area contributed by atoms with Gasteiger partial charge in [0, 0.05) is 13.1 Å². The number of halogens is 1. The van der Waals surface area contributed by atoms with Gasteiger partial charge in [-0.3, -0.25) is 13.9 Å². The van der Waals surface area contributed by atoms with E-state index in [4.69, 9.17) is 4.74 Å². The first-order valence-corrected chi connectivity index (χ1v) is 11.9. The molecule has 3 rings (SSSR count). The van der Waals surface area contributed by atoms with Crippen molar-refractivity contribution in [2.45, 2.75) is 24.0 Å². The summed E-state index contributed by atoms with van der Waals surface area (Å²) in [5, 5.41) is 1.64. The minimum atomic E-state index is -3.98. The fourth-order valence-corrected chi connectivity index (χ4v) is 5.81. The molecule has 7 nitrogen and oxygen atoms in total. The lowest BCUT2D eigenvalue weighted by Gasteiger charge is -2.33. The number of piperidine rings is 1. The zero-order valence-electron chi connectivity index (χ0n) is 16.5. The van der Waals surface area contributed by atoms with Gasteiger partial charge in [0.05, 0.1) is 18.2 Å². The fraction of sp³-hybridized carbons (Fsp3) is 0.400. The molecule has 0 N–H and O–H groups in total. The Morgan fingerprint density at radius 1 is 1.20 bits per heavy atom. The lowest BCUT2D eigenvalue weighted by molar-refractivity contribution is -0.151. The summed E-state index contributed by atoms with van der Waals surface area (Å²) >= 11 is 1.05. The maximum atomic E-state index is 13.4. The molecule has 0 bridgehead atoms. The zero-order chi connectivity index (χ0) is 21.7. The third kappa shape index (κ3) is 4.99. The summed E-state index contributed by atoms with van der Waals surface area (Å²) < 4.78 is 45.7. The predicted octanol–water partition coefficient (Wildman–Crippen LogP) is 2.88. The van der Waals surface area contributed by atoms with E-state index in [9.17, 15) is 22.4 Å². The van der Waals surface area contributed by atoms with Crippen LogP contribution < -0.4 is 4.31 Å². The largest absolute Gasteiger partial charge is 0.466 e. The Morgan fingerprint density at radius 2 is 1.87 bits per heavy atom. The Balaban J connectivity index is 1.76. The van der Waals surface area contributed by atoms with Crippen molar-refractivity contribution in [3.8, 4) is 0 Å². The molecule has 0 unspecified atom stereocenters. The second-order valence-electron chi connectivity index (χ2n) is 6.83. The number of benzene rings is 1. The molecule has 10 heteroatoms. The van der Waals surface area contributed by atoms with Gasteiger partial charge >= 0.3 is 5.97 Å². The minimum Gasteiger partial charge on any atom is -0.466 e. The quantitative estimate of drug-likeness (QED) is 0.601. The second kappa shape index (κ2) is 9.57. The van der Waals surface area contributed by atoms with Gasteiger partial charge in [-0.2, -0.15) is 0 Å². The summed E-state index contributed by atoms with van der Waals surface area (Å²) in [6.45, 7) is 2.34. The first-order chi connectivity index (χ1) is 14.3. The smallest absolute Gasteiger partial charge is 0.309 e. The molecule has 2 aromatic rings. The number of rotatable bonds is 7. The van der Waals surface area contributed by atoms with Crippen LogP contribution in [0.4, 0.5) is 10.1 Å². The minimum absolute atomic E-state index is 0.0978. The number of carbonyl (C=O) groups excluding carboxylic acids is 2. The Labute approximate surface area is 179 Å². The van der Waals surface area contributed by atoms with Crippen LogP contribution in [0.15, 0.2) is 46.0 Å². The van der Waals surface area contributed by atoms with Crippen LogP contribution in [0, 0.1) is 11.7 Å². The number of amides is 1. The van der Waals surface area contributed by atoms with Crippen LogP contribution in [-0.2, 0) is 24.3 Å². The molecule has 1 aliphatic rings. The van der Waals surface area contributed by atoms with Gasteiger partial charge < -0.3 is 9.64 Å². The van der Waals surface area contributed by atoms with E-state index in [0.717, 1.165) is 27.8 Å². The number of likely N-dealkylation sites (tertiary alicyclic amines) is 1. The highest BCUT2D eigenvalue weighted by atomic mass is 32.2. The van der Waals surface area contributed by atoms with Crippen LogP contribution in [0.25, 0.3) is 0 Å². The summed E-state index contributed by atoms with van der Waals surface area (Å²) in [6, 6.07) is 8.05. The van der Waals surface area contributed by atoms with E-state index in [1.165, 1.54) is 18.2 Å². The molecule has 0 radical (unpaired) electrons. The Morgan fingerprint density at radius 3 is 2.43 bits per heavy atom. The van der Waals surface area contributed by atoms with Crippen molar-refractivity contribution in [2.24, 2.45) is 5.92 Å². The first kappa shape index (κ1) is 22.2. The molecule has 1 saturated heterocycles. The van der Waals surface area contributed by atoms with Gasteiger partial charge in [-0.05, 0) is 55.5 Å². The highest BCUT2D eigenvalue weighted by Gasteiger charge is 2.32. The van der Waals surface area contributed by atoms with Crippen LogP contribution in [0.3, 0.4) is 0 Å². The van der Waals surface area contributed by atoms with E-state index in [2.05, 4.69) is 0 Å². The zero-order valence-corrected chi connectivity index (χ0v) is 18.1. The summed E-state index contributed by atoms with van der Waals surface area (Å²) in [5.41, 5.74) is 0.208. The molecular formula is C20H23FN2O5S2. The Kier molecular flexibility index (Phi) is 7.09. The normalized spacial score (nSPS) is 15.1. The van der Waals surface area contributed by atoms with Gasteiger partial charge in [0.15, 0.2) is 0 Å². The van der Waals surface area contributed by atoms with E-state index < -0.39 is 22.4 Å². The molecule has 1 aromatic carbocycles. The molecule has 0 aliphatic carbocycles. The van der Waals surface area contributed by atoms with Gasteiger partial charge in [-0.1, -0.05) is 6.07 Å². The van der Waals surface area contributed by atoms with Crippen molar-refractivity contribution >= 4 is 38.9 Å². The van der Waals surface area contributed by atoms with Gasteiger partial charge in [0.2, 0.25) is 5.91 Å². The predicted molar refractivity (Wildman–Crippen MR) is 111 cm³/mol. The molecule has 1 amide bonds. The number of anilines is 1. The van der Waals surface area contributed by atoms with Crippen molar-refractivity contribution in [3.05, 3.63) is 47.6 Å². The third-order valence-corrected chi connectivity index (χ3v) is 8.05. The number of hydrogen-bond acceptors (Lipinski definition) is 6. The molecule has 0 spiro atoms. The number of carbonyl (C=O) groups is 2. The SMILES string of the molecule is CCOC(=O)C1CCN(C(=O)CN(c2ccc(F)cc2)S(=O)(=O)c2cccs2)CC1. The molecule has 162 valence electrons. The van der Waals surface area contributed by atoms with Crippen LogP contribution in [0.1, 0.15) is 19.8 Å². The second-order valence-corrected chi connectivity index (χ2v) is 9.86. The molecular weight excluding hydrogens is 431 g/mol. The number of esters is 1. The molecule has 1 fully saturated rings. The van der Waals surface area contributed by atoms with Gasteiger partial charge in [-0.25, -0.2) is 12.8 Å². The number of sulfonamides is 1. The summed E-state index contributed by atoms with van der Waals surface area (Å²) in [7, 11) is -3.98. The van der Waals surface area contributed by atoms with Crippen molar-refractivity contribution in [3.63, 3.8) is 0 Å². The summed E-state index contributed by atoms with van der Waals surface area (Å²) in [6.07, 6.45) is 0.942. The fourth-order valence-electron chi connectivity index (χ4n) is 3.29. The molecule has 30 heavy (non-hydrogen) atoms. The summed E-state index contributed by atoms with van der Waals surface area (Å²) in [4.78, 5) is 26.3. The molecule has 1 aliphatic heterocycles. The van der Waals surface area contributed by atoms with E-state index in [0.29, 0.717) is 32.5 Å². The number of nitrogens with zero attached hydrogens (tertiary/aromatic N) is 2. The average molecular weight is 455 g/mol. The first-order valence-electron chi connectivity index (χ1n) is 9.59. The van der Waals surface area contributed by atoms with Gasteiger partial charge in [-0.15, -0.1) is 11.3 Å². The van der Waals surface area contributed by atoms with Crippen LogP contribution in [0.5, 0.6) is 0 Å². The monoisotopic (exact) mass is 454 g/mol. The molecule has 2 heterocycles. The van der Waals surface area contributed by atoms with Crippen molar-refractivity contribution in [1.82, 2.24) is 4.90 Å². The van der Waals surface area contributed by atoms with Crippen LogP contribution in [0.2, 0.25) is 0 Å². The standard InChI is InChI=1S/C20H23FN2O5S2/c1-2-28-20(25)15-9-11-22(12-10-15)18(24)14-23(17-7-5-16(21)6-8-17)30(26,27)19-4-3-13-29-19/h3-8,13,15H,2,9-12,14H2,1H3. The maximum absolute atomic E-state index is 13.4. The Hall–Kier alpha value is -2.46. The maximum Gasteiger partial charge on any atom is 0.309 e. The van der Waals surface area contributed by atoms with E-state index in [1.807, 2.05) is 0 Å². The lowest BCUT2D eigenvalue weighted by atomic mass is 9.97. The average Bonchev–Trinajstić information content (AvgIpc) is 3.29. The van der Waals surface area contributed by atoms with Crippen LogP contribution >= 0.6 is 11.3 Å². The third-order valence-electron chi connectivity index (χ3n) is 4.90.